The van der Waals surface area contributed by atoms with E-state index in [1.165, 1.54) is 77.2 Å². The second kappa shape index (κ2) is 7.87. The summed E-state index contributed by atoms with van der Waals surface area (Å²) in [7, 11) is 0. The Hall–Kier alpha value is -4.76. The molecule has 0 saturated carbocycles. The summed E-state index contributed by atoms with van der Waals surface area (Å²) in [4.78, 5) is 3.68. The minimum Gasteiger partial charge on any atom is -0.354 e. The van der Waals surface area contributed by atoms with Crippen LogP contribution in [0.1, 0.15) is 30.5 Å². The molecule has 39 heavy (non-hydrogen) atoms. The molecule has 0 bridgehead atoms. The highest BCUT2D eigenvalue weighted by Gasteiger charge is 2.23. The molecule has 0 atom stereocenters. The largest absolute Gasteiger partial charge is 0.354 e. The highest BCUT2D eigenvalue weighted by Crippen LogP contribution is 2.42. The summed E-state index contributed by atoms with van der Waals surface area (Å²) < 4.78 is 5.03. The summed E-state index contributed by atoms with van der Waals surface area (Å²) in [5.41, 5.74) is 11.6. The summed E-state index contributed by atoms with van der Waals surface area (Å²) >= 11 is 0. The van der Waals surface area contributed by atoms with E-state index in [0.29, 0.717) is 0 Å². The monoisotopic (exact) mass is 501 g/mol. The Labute approximate surface area is 226 Å². The first-order valence-electron chi connectivity index (χ1n) is 14.0. The number of aromatic nitrogens is 3. The van der Waals surface area contributed by atoms with Crippen molar-refractivity contribution in [3.63, 3.8) is 0 Å². The molecule has 9 rings (SSSR count). The van der Waals surface area contributed by atoms with E-state index in [0.717, 1.165) is 25.7 Å². The van der Waals surface area contributed by atoms with Gasteiger partial charge in [-0.2, -0.15) is 0 Å². The normalized spacial score (nSPS) is 15.2. The molecule has 2 aliphatic carbocycles. The average molecular weight is 502 g/mol. The molecule has 0 unspecified atom stereocenters. The zero-order valence-corrected chi connectivity index (χ0v) is 21.6. The van der Waals surface area contributed by atoms with Gasteiger partial charge in [0.2, 0.25) is 0 Å². The van der Waals surface area contributed by atoms with Gasteiger partial charge in [-0.1, -0.05) is 60.7 Å². The Morgan fingerprint density at radius 3 is 2.26 bits per heavy atom. The van der Waals surface area contributed by atoms with Gasteiger partial charge in [0, 0.05) is 60.6 Å². The van der Waals surface area contributed by atoms with Gasteiger partial charge in [0.15, 0.2) is 0 Å². The Balaban J connectivity index is 1.47. The summed E-state index contributed by atoms with van der Waals surface area (Å²) in [6, 6.07) is 29.2. The van der Waals surface area contributed by atoms with E-state index in [1.54, 1.807) is 0 Å². The lowest BCUT2D eigenvalue weighted by Gasteiger charge is -2.14. The lowest BCUT2D eigenvalue weighted by atomic mass is 10.0. The Kier molecular flexibility index (Phi) is 4.28. The summed E-state index contributed by atoms with van der Waals surface area (Å²) in [6.45, 7) is 0. The molecule has 4 aromatic carbocycles. The zero-order chi connectivity index (χ0) is 25.5. The van der Waals surface area contributed by atoms with Crippen molar-refractivity contribution in [3.8, 4) is 5.69 Å². The number of para-hydroxylation sites is 2. The highest BCUT2D eigenvalue weighted by molar-refractivity contribution is 6.20. The minimum absolute atomic E-state index is 1.04. The standard InChI is InChI=1S/C36H27N3/c1-3-11-23(12-4-1)38-33-18-10-8-16-26(33)29-20-35-30(21-34(29)38)28-19-27-25-15-7-9-17-31(25)37-32(27)22-36(28)39(35)24-13-5-2-6-14-24/h1-5,7-9,11-13,15-17,19-22,37H,6,10,14,18H2. The third kappa shape index (κ3) is 2.93. The smallest absolute Gasteiger partial charge is 0.0558 e. The van der Waals surface area contributed by atoms with Crippen LogP contribution in [0.2, 0.25) is 0 Å². The molecule has 0 saturated heterocycles. The molecule has 186 valence electrons. The molecule has 7 aromatic rings. The molecule has 1 N–H and O–H groups in total. The first kappa shape index (κ1) is 21.2. The topological polar surface area (TPSA) is 25.6 Å². The van der Waals surface area contributed by atoms with Gasteiger partial charge < -0.3 is 14.1 Å². The van der Waals surface area contributed by atoms with Crippen LogP contribution in [0, 0.1) is 0 Å². The fraction of sp³-hybridized carbons (Fsp3) is 0.111. The number of hydrogen-bond donors (Lipinski definition) is 1. The molecule has 0 spiro atoms. The van der Waals surface area contributed by atoms with Crippen LogP contribution in [-0.4, -0.2) is 14.1 Å². The van der Waals surface area contributed by atoms with Crippen LogP contribution in [0.5, 0.6) is 0 Å². The summed E-state index contributed by atoms with van der Waals surface area (Å²) in [5, 5.41) is 6.54. The van der Waals surface area contributed by atoms with Crippen LogP contribution in [-0.2, 0) is 6.42 Å². The molecule has 0 aliphatic heterocycles. The van der Waals surface area contributed by atoms with Gasteiger partial charge in [0.05, 0.1) is 16.6 Å². The predicted octanol–water partition coefficient (Wildman–Crippen LogP) is 9.52. The lowest BCUT2D eigenvalue weighted by Crippen LogP contribution is -2.02. The molecule has 2 aliphatic rings. The number of nitrogens with zero attached hydrogens (tertiary/aromatic N) is 2. The maximum absolute atomic E-state index is 3.68. The first-order chi connectivity index (χ1) is 19.3. The molecule has 0 fully saturated rings. The number of allylic oxidation sites excluding steroid dienone is 5. The number of H-pyrrole nitrogens is 1. The maximum atomic E-state index is 3.68. The van der Waals surface area contributed by atoms with Gasteiger partial charge in [0.25, 0.3) is 0 Å². The van der Waals surface area contributed by atoms with E-state index in [9.17, 15) is 0 Å². The van der Waals surface area contributed by atoms with Crippen molar-refractivity contribution in [2.75, 3.05) is 0 Å². The maximum Gasteiger partial charge on any atom is 0.0558 e. The van der Waals surface area contributed by atoms with E-state index in [4.69, 9.17) is 0 Å². The molecule has 0 radical (unpaired) electrons. The van der Waals surface area contributed by atoms with Crippen LogP contribution in [0.15, 0.2) is 103 Å². The quantitative estimate of drug-likeness (QED) is 0.244. The Morgan fingerprint density at radius 2 is 1.36 bits per heavy atom. The second-order valence-electron chi connectivity index (χ2n) is 10.9. The fourth-order valence-corrected chi connectivity index (χ4v) is 7.03. The van der Waals surface area contributed by atoms with Gasteiger partial charge >= 0.3 is 0 Å². The lowest BCUT2D eigenvalue weighted by molar-refractivity contribution is 0.889. The molecule has 0 amide bonds. The van der Waals surface area contributed by atoms with Crippen molar-refractivity contribution in [2.45, 2.75) is 25.7 Å². The van der Waals surface area contributed by atoms with E-state index in [2.05, 4.69) is 123 Å². The van der Waals surface area contributed by atoms with Crippen LogP contribution in [0.25, 0.3) is 72.0 Å². The predicted molar refractivity (Wildman–Crippen MR) is 166 cm³/mol. The van der Waals surface area contributed by atoms with Gasteiger partial charge in [-0.25, -0.2) is 0 Å². The Bertz CT molecular complexity index is 2210. The number of aromatic amines is 1. The molecular weight excluding hydrogens is 474 g/mol. The summed E-state index contributed by atoms with van der Waals surface area (Å²) in [6.07, 6.45) is 15.7. The Morgan fingerprint density at radius 1 is 0.590 bits per heavy atom. The molecule has 3 heteroatoms. The third-order valence-corrected chi connectivity index (χ3v) is 8.75. The first-order valence-corrected chi connectivity index (χ1v) is 14.0. The average Bonchev–Trinajstić information content (AvgIpc) is 3.62. The van der Waals surface area contributed by atoms with Gasteiger partial charge in [-0.3, -0.25) is 0 Å². The number of benzene rings is 4. The van der Waals surface area contributed by atoms with E-state index >= 15 is 0 Å². The van der Waals surface area contributed by atoms with Gasteiger partial charge in [0.1, 0.15) is 0 Å². The second-order valence-corrected chi connectivity index (χ2v) is 10.9. The number of hydrogen-bond acceptors (Lipinski definition) is 0. The fourth-order valence-electron chi connectivity index (χ4n) is 7.03. The van der Waals surface area contributed by atoms with Crippen molar-refractivity contribution in [1.82, 2.24) is 14.1 Å². The van der Waals surface area contributed by atoms with Gasteiger partial charge in [-0.05, 0) is 74.2 Å². The van der Waals surface area contributed by atoms with Crippen molar-refractivity contribution in [3.05, 3.63) is 114 Å². The van der Waals surface area contributed by atoms with Crippen molar-refractivity contribution < 1.29 is 0 Å². The zero-order valence-electron chi connectivity index (χ0n) is 21.6. The minimum atomic E-state index is 1.04. The van der Waals surface area contributed by atoms with Crippen molar-refractivity contribution in [1.29, 1.82) is 0 Å². The number of fused-ring (bicyclic) bond motifs is 9. The van der Waals surface area contributed by atoms with E-state index in [1.807, 2.05) is 0 Å². The van der Waals surface area contributed by atoms with Crippen LogP contribution in [0.3, 0.4) is 0 Å². The van der Waals surface area contributed by atoms with E-state index < -0.39 is 0 Å². The SMILES string of the molecule is C1=CCCC(n2c3cc4[nH]c5ccccc5c4cc3c3cc4c(cc32)c2c(n4-c3ccccc3)CCC=C2)=C1. The van der Waals surface area contributed by atoms with Crippen molar-refractivity contribution >= 4 is 66.3 Å². The molecule has 3 aromatic heterocycles. The summed E-state index contributed by atoms with van der Waals surface area (Å²) in [5.74, 6) is 0. The highest BCUT2D eigenvalue weighted by atomic mass is 15.0. The van der Waals surface area contributed by atoms with Crippen molar-refractivity contribution in [2.24, 2.45) is 0 Å². The van der Waals surface area contributed by atoms with E-state index in [-0.39, 0.29) is 0 Å². The molecule has 3 nitrogen and oxygen atoms in total. The van der Waals surface area contributed by atoms with Crippen LogP contribution in [0.4, 0.5) is 0 Å². The van der Waals surface area contributed by atoms with Crippen LogP contribution < -0.4 is 0 Å². The number of nitrogens with one attached hydrogen (secondary N) is 1. The third-order valence-electron chi connectivity index (χ3n) is 8.75. The molecule has 3 heterocycles. The number of rotatable bonds is 2. The molecular formula is C36H27N3. The van der Waals surface area contributed by atoms with Crippen LogP contribution >= 0.6 is 0 Å². The van der Waals surface area contributed by atoms with Gasteiger partial charge in [-0.15, -0.1) is 0 Å².